The lowest BCUT2D eigenvalue weighted by Crippen LogP contribution is -2.32. The van der Waals surface area contributed by atoms with Gasteiger partial charge < -0.3 is 19.1 Å². The van der Waals surface area contributed by atoms with Gasteiger partial charge in [0.1, 0.15) is 5.75 Å². The number of amides is 1. The summed E-state index contributed by atoms with van der Waals surface area (Å²) in [6, 6.07) is 9.06. The molecular weight excluding hydrogens is 444 g/mol. The normalized spacial score (nSPS) is 15.5. The van der Waals surface area contributed by atoms with Crippen molar-refractivity contribution in [1.82, 2.24) is 9.62 Å². The van der Waals surface area contributed by atoms with Gasteiger partial charge in [-0.3, -0.25) is 4.79 Å². The van der Waals surface area contributed by atoms with Crippen molar-refractivity contribution in [2.45, 2.75) is 43.5 Å². The smallest absolute Gasteiger partial charge is 0.257 e. The van der Waals surface area contributed by atoms with Crippen molar-refractivity contribution in [2.75, 3.05) is 34.4 Å². The van der Waals surface area contributed by atoms with Crippen molar-refractivity contribution >= 4 is 15.9 Å². The Morgan fingerprint density at radius 2 is 1.48 bits per heavy atom. The van der Waals surface area contributed by atoms with E-state index < -0.39 is 16.1 Å². The van der Waals surface area contributed by atoms with E-state index in [4.69, 9.17) is 14.2 Å². The van der Waals surface area contributed by atoms with Crippen LogP contribution in [0.15, 0.2) is 41.3 Å². The van der Waals surface area contributed by atoms with E-state index in [9.17, 15) is 13.2 Å². The molecule has 8 nitrogen and oxygen atoms in total. The molecule has 0 radical (unpaired) electrons. The highest BCUT2D eigenvalue weighted by Gasteiger charge is 2.25. The zero-order valence-electron chi connectivity index (χ0n) is 19.6. The zero-order valence-corrected chi connectivity index (χ0v) is 20.4. The maximum atomic E-state index is 13.2. The Hall–Kier alpha value is -2.78. The summed E-state index contributed by atoms with van der Waals surface area (Å²) in [5.41, 5.74) is 0.964. The molecule has 0 saturated carbocycles. The molecule has 1 amide bonds. The highest BCUT2D eigenvalue weighted by molar-refractivity contribution is 7.89. The lowest BCUT2D eigenvalue weighted by atomic mass is 10.1. The van der Waals surface area contributed by atoms with Crippen molar-refractivity contribution < 1.29 is 27.4 Å². The Morgan fingerprint density at radius 1 is 0.879 bits per heavy atom. The lowest BCUT2D eigenvalue weighted by Gasteiger charge is -2.22. The molecule has 33 heavy (non-hydrogen) atoms. The van der Waals surface area contributed by atoms with Crippen molar-refractivity contribution in [1.29, 1.82) is 0 Å². The first-order valence-corrected chi connectivity index (χ1v) is 12.5. The Bertz CT molecular complexity index is 1080. The van der Waals surface area contributed by atoms with E-state index in [2.05, 4.69) is 4.72 Å². The summed E-state index contributed by atoms with van der Waals surface area (Å²) in [5, 5.41) is 0. The van der Waals surface area contributed by atoms with Gasteiger partial charge >= 0.3 is 0 Å². The fourth-order valence-electron chi connectivity index (χ4n) is 3.96. The summed E-state index contributed by atoms with van der Waals surface area (Å²) >= 11 is 0. The number of nitrogens with one attached hydrogen (secondary N) is 1. The number of methoxy groups -OCH3 is 3. The Morgan fingerprint density at radius 3 is 2.09 bits per heavy atom. The molecule has 0 unspecified atom stereocenters. The molecule has 9 heteroatoms. The number of benzene rings is 2. The molecular formula is C24H32N2O6S. The zero-order chi connectivity index (χ0) is 24.0. The predicted octanol–water partition coefficient (Wildman–Crippen LogP) is 3.77. The predicted molar refractivity (Wildman–Crippen MR) is 126 cm³/mol. The van der Waals surface area contributed by atoms with E-state index in [1.165, 1.54) is 39.5 Å². The second kappa shape index (κ2) is 10.9. The van der Waals surface area contributed by atoms with Crippen LogP contribution in [0, 0.1) is 0 Å². The summed E-state index contributed by atoms with van der Waals surface area (Å²) in [5.74, 6) is 1.22. The Kier molecular flexibility index (Phi) is 8.20. The third-order valence-electron chi connectivity index (χ3n) is 5.84. The van der Waals surface area contributed by atoms with Crippen LogP contribution in [0.4, 0.5) is 0 Å². The fraction of sp³-hybridized carbons (Fsp3) is 0.458. The molecule has 0 spiro atoms. The van der Waals surface area contributed by atoms with Gasteiger partial charge in [-0.25, -0.2) is 13.1 Å². The standard InChI is InChI=1S/C24H32N2O6S/c1-17(18-9-11-22(31-3)23(15-18)32-4)25-33(28,29)19-10-12-21(30-2)20(16-19)24(27)26-13-7-5-6-8-14-26/h9-12,15-17,25H,5-8,13-14H2,1-4H3/t17-/m0/s1. The van der Waals surface area contributed by atoms with Gasteiger partial charge in [-0.05, 0) is 55.7 Å². The van der Waals surface area contributed by atoms with Crippen LogP contribution in [0.1, 0.15) is 54.6 Å². The van der Waals surface area contributed by atoms with Crippen molar-refractivity contribution in [3.8, 4) is 17.2 Å². The van der Waals surface area contributed by atoms with Gasteiger partial charge in [0.25, 0.3) is 5.91 Å². The largest absolute Gasteiger partial charge is 0.496 e. The van der Waals surface area contributed by atoms with Crippen molar-refractivity contribution in [3.63, 3.8) is 0 Å². The molecule has 1 heterocycles. The second-order valence-corrected chi connectivity index (χ2v) is 9.74. The van der Waals surface area contributed by atoms with Gasteiger partial charge in [-0.2, -0.15) is 0 Å². The average molecular weight is 477 g/mol. The number of carbonyl (C=O) groups is 1. The molecule has 0 aromatic heterocycles. The van der Waals surface area contributed by atoms with E-state index in [-0.39, 0.29) is 16.4 Å². The number of carbonyl (C=O) groups excluding carboxylic acids is 1. The van der Waals surface area contributed by atoms with E-state index in [1.807, 2.05) is 0 Å². The fourth-order valence-corrected chi connectivity index (χ4v) is 5.21. The molecule has 3 rings (SSSR count). The number of rotatable bonds is 8. The van der Waals surface area contributed by atoms with Gasteiger partial charge in [0, 0.05) is 19.1 Å². The van der Waals surface area contributed by atoms with Crippen LogP contribution in [0.3, 0.4) is 0 Å². The Balaban J connectivity index is 1.87. The quantitative estimate of drug-likeness (QED) is 0.623. The minimum absolute atomic E-state index is 0.00815. The average Bonchev–Trinajstić information content (AvgIpc) is 3.12. The first-order chi connectivity index (χ1) is 15.8. The number of hydrogen-bond acceptors (Lipinski definition) is 6. The molecule has 180 valence electrons. The van der Waals surface area contributed by atoms with Crippen molar-refractivity contribution in [2.24, 2.45) is 0 Å². The molecule has 1 N–H and O–H groups in total. The van der Waals surface area contributed by atoms with Crippen LogP contribution in [-0.4, -0.2) is 53.6 Å². The minimum Gasteiger partial charge on any atom is -0.496 e. The monoisotopic (exact) mass is 476 g/mol. The van der Waals surface area contributed by atoms with Crippen LogP contribution in [-0.2, 0) is 10.0 Å². The van der Waals surface area contributed by atoms with Gasteiger partial charge in [0.15, 0.2) is 11.5 Å². The SMILES string of the molecule is COc1ccc([C@H](C)NS(=O)(=O)c2ccc(OC)c(C(=O)N3CCCCCC3)c2)cc1OC. The molecule has 1 aliphatic rings. The minimum atomic E-state index is -3.91. The first-order valence-electron chi connectivity index (χ1n) is 11.0. The second-order valence-electron chi connectivity index (χ2n) is 8.03. The summed E-state index contributed by atoms with van der Waals surface area (Å²) < 4.78 is 44.9. The van der Waals surface area contributed by atoms with Gasteiger partial charge in [-0.15, -0.1) is 0 Å². The summed E-state index contributed by atoms with van der Waals surface area (Å²) in [6.45, 7) is 3.06. The van der Waals surface area contributed by atoms with Crippen LogP contribution < -0.4 is 18.9 Å². The molecule has 1 saturated heterocycles. The topological polar surface area (TPSA) is 94.2 Å². The molecule has 1 fully saturated rings. The van der Waals surface area contributed by atoms with E-state index in [0.717, 1.165) is 25.7 Å². The van der Waals surface area contributed by atoms with Crippen molar-refractivity contribution in [3.05, 3.63) is 47.5 Å². The van der Waals surface area contributed by atoms with Gasteiger partial charge in [0.2, 0.25) is 10.0 Å². The summed E-state index contributed by atoms with van der Waals surface area (Å²) in [6.07, 6.45) is 4.06. The van der Waals surface area contributed by atoms with Crippen LogP contribution in [0.5, 0.6) is 17.2 Å². The first kappa shape index (κ1) is 24.9. The number of sulfonamides is 1. The van der Waals surface area contributed by atoms with Gasteiger partial charge in [-0.1, -0.05) is 18.9 Å². The van der Waals surface area contributed by atoms with E-state index >= 15 is 0 Å². The number of ether oxygens (including phenoxy) is 3. The number of nitrogens with zero attached hydrogens (tertiary/aromatic N) is 1. The molecule has 0 aliphatic carbocycles. The summed E-state index contributed by atoms with van der Waals surface area (Å²) in [7, 11) is 0.626. The highest BCUT2D eigenvalue weighted by atomic mass is 32.2. The van der Waals surface area contributed by atoms with Crippen LogP contribution in [0.2, 0.25) is 0 Å². The molecule has 1 aliphatic heterocycles. The van der Waals surface area contributed by atoms with Crippen LogP contribution in [0.25, 0.3) is 0 Å². The van der Waals surface area contributed by atoms with E-state index in [1.54, 1.807) is 30.0 Å². The highest BCUT2D eigenvalue weighted by Crippen LogP contribution is 2.31. The number of hydrogen-bond donors (Lipinski definition) is 1. The third-order valence-corrected chi connectivity index (χ3v) is 7.38. The third kappa shape index (κ3) is 5.78. The number of likely N-dealkylation sites (tertiary alicyclic amines) is 1. The lowest BCUT2D eigenvalue weighted by molar-refractivity contribution is 0.0758. The van der Waals surface area contributed by atoms with E-state index in [0.29, 0.717) is 35.9 Å². The molecule has 2 aromatic rings. The molecule has 2 aromatic carbocycles. The molecule has 0 bridgehead atoms. The van der Waals surface area contributed by atoms with Gasteiger partial charge in [0.05, 0.1) is 31.8 Å². The Labute approximate surface area is 195 Å². The molecule has 1 atom stereocenters. The maximum Gasteiger partial charge on any atom is 0.257 e. The summed E-state index contributed by atoms with van der Waals surface area (Å²) in [4.78, 5) is 15.0. The maximum absolute atomic E-state index is 13.2. The van der Waals surface area contributed by atoms with Crippen LogP contribution >= 0.6 is 0 Å².